The molecule has 0 aliphatic heterocycles. The fourth-order valence-electron chi connectivity index (χ4n) is 1.39. The van der Waals surface area contributed by atoms with Crippen LogP contribution < -0.4 is 0 Å². The minimum absolute atomic E-state index is 0.181. The highest BCUT2D eigenvalue weighted by atomic mass is 35.5. The predicted octanol–water partition coefficient (Wildman–Crippen LogP) is 5.03. The molecule has 1 atom stereocenters. The van der Waals surface area contributed by atoms with Crippen molar-refractivity contribution in [1.29, 1.82) is 0 Å². The van der Waals surface area contributed by atoms with Crippen LogP contribution in [0.5, 0.6) is 0 Å². The largest absolute Gasteiger partial charge is 0.144 e. The van der Waals surface area contributed by atoms with E-state index in [9.17, 15) is 0 Å². The Kier molecular flexibility index (Phi) is 4.03. The molecule has 14 heavy (non-hydrogen) atoms. The van der Waals surface area contributed by atoms with Crippen molar-refractivity contribution in [3.8, 4) is 0 Å². The number of alkyl halides is 1. The summed E-state index contributed by atoms with van der Waals surface area (Å²) in [6, 6.07) is 4.37. The molecule has 80 valence electrons. The summed E-state index contributed by atoms with van der Waals surface area (Å²) in [6.07, 6.45) is 2.15. The molecule has 0 saturated heterocycles. The van der Waals surface area contributed by atoms with Gasteiger partial charge in [-0.25, -0.2) is 0 Å². The van der Waals surface area contributed by atoms with Crippen LogP contribution in [-0.4, -0.2) is 0 Å². The van der Waals surface area contributed by atoms with Crippen LogP contribution in [0.4, 0.5) is 0 Å². The minimum Gasteiger partial charge on any atom is -0.144 e. The third-order valence-corrected chi connectivity index (χ3v) is 3.99. The van der Waals surface area contributed by atoms with E-state index >= 15 is 0 Å². The Balaban J connectivity index is 2.65. The zero-order valence-electron chi connectivity index (χ0n) is 9.43. The molecule has 0 nitrogen and oxygen atoms in total. The van der Waals surface area contributed by atoms with Crippen LogP contribution in [0.1, 0.15) is 49.2 Å². The molecule has 1 heterocycles. The monoisotopic (exact) mass is 230 g/mol. The quantitative estimate of drug-likeness (QED) is 0.640. The van der Waals surface area contributed by atoms with Crippen LogP contribution in [-0.2, 0) is 6.42 Å². The first kappa shape index (κ1) is 12.1. The summed E-state index contributed by atoms with van der Waals surface area (Å²) >= 11 is 8.22. The molecular weight excluding hydrogens is 212 g/mol. The van der Waals surface area contributed by atoms with Crippen molar-refractivity contribution in [3.05, 3.63) is 21.9 Å². The van der Waals surface area contributed by atoms with Crippen molar-refractivity contribution in [2.24, 2.45) is 5.41 Å². The highest BCUT2D eigenvalue weighted by Crippen LogP contribution is 2.37. The number of thiophene rings is 1. The third-order valence-electron chi connectivity index (χ3n) is 2.13. The van der Waals surface area contributed by atoms with Gasteiger partial charge in [-0.05, 0) is 30.4 Å². The fourth-order valence-corrected chi connectivity index (χ4v) is 2.99. The molecule has 0 radical (unpaired) electrons. The van der Waals surface area contributed by atoms with E-state index in [4.69, 9.17) is 11.6 Å². The lowest BCUT2D eigenvalue weighted by molar-refractivity contribution is 0.374. The summed E-state index contributed by atoms with van der Waals surface area (Å²) < 4.78 is 0. The molecule has 0 aliphatic carbocycles. The van der Waals surface area contributed by atoms with E-state index in [2.05, 4.69) is 39.8 Å². The molecule has 0 aliphatic rings. The van der Waals surface area contributed by atoms with Crippen molar-refractivity contribution in [1.82, 2.24) is 0 Å². The van der Waals surface area contributed by atoms with E-state index in [-0.39, 0.29) is 5.38 Å². The van der Waals surface area contributed by atoms with Gasteiger partial charge in [-0.1, -0.05) is 27.7 Å². The van der Waals surface area contributed by atoms with Gasteiger partial charge in [-0.3, -0.25) is 0 Å². The molecule has 0 N–H and O–H groups in total. The Morgan fingerprint density at radius 2 is 2.00 bits per heavy atom. The summed E-state index contributed by atoms with van der Waals surface area (Å²) in [4.78, 5) is 2.75. The molecular formula is C12H19ClS. The topological polar surface area (TPSA) is 0 Å². The Hall–Kier alpha value is -0.0100. The van der Waals surface area contributed by atoms with Gasteiger partial charge in [-0.15, -0.1) is 22.9 Å². The average Bonchev–Trinajstić information content (AvgIpc) is 2.48. The van der Waals surface area contributed by atoms with Crippen LogP contribution in [0.25, 0.3) is 0 Å². The molecule has 1 rings (SSSR count). The Morgan fingerprint density at radius 1 is 1.36 bits per heavy atom. The first-order chi connectivity index (χ1) is 6.42. The second-order valence-electron chi connectivity index (χ2n) is 4.89. The van der Waals surface area contributed by atoms with Gasteiger partial charge in [0.1, 0.15) is 0 Å². The van der Waals surface area contributed by atoms with E-state index in [1.165, 1.54) is 9.75 Å². The van der Waals surface area contributed by atoms with Crippen molar-refractivity contribution in [2.45, 2.75) is 45.9 Å². The van der Waals surface area contributed by atoms with E-state index in [1.807, 2.05) is 11.3 Å². The fraction of sp³-hybridized carbons (Fsp3) is 0.667. The number of hydrogen-bond acceptors (Lipinski definition) is 1. The number of aryl methyl sites for hydroxylation is 1. The van der Waals surface area contributed by atoms with Crippen LogP contribution in [0.15, 0.2) is 12.1 Å². The number of halogens is 1. The van der Waals surface area contributed by atoms with Crippen molar-refractivity contribution >= 4 is 22.9 Å². The normalized spacial score (nSPS) is 14.4. The third kappa shape index (κ3) is 3.62. The van der Waals surface area contributed by atoms with Gasteiger partial charge in [0.2, 0.25) is 0 Å². The van der Waals surface area contributed by atoms with E-state index < -0.39 is 0 Å². The molecule has 0 amide bonds. The summed E-state index contributed by atoms with van der Waals surface area (Å²) in [5.41, 5.74) is 0.308. The van der Waals surface area contributed by atoms with E-state index in [1.54, 1.807) is 0 Å². The predicted molar refractivity (Wildman–Crippen MR) is 66.4 cm³/mol. The standard InChI is InChI=1S/C12H19ClS/c1-5-9-6-7-11(14-9)10(13)8-12(2,3)4/h6-7,10H,5,8H2,1-4H3. The first-order valence-corrected chi connectivity index (χ1v) is 6.40. The lowest BCUT2D eigenvalue weighted by Gasteiger charge is -2.20. The molecule has 1 aromatic rings. The Bertz CT molecular complexity index is 283. The second-order valence-corrected chi connectivity index (χ2v) is 6.62. The lowest BCUT2D eigenvalue weighted by Crippen LogP contribution is -2.07. The smallest absolute Gasteiger partial charge is 0.0683 e. The summed E-state index contributed by atoms with van der Waals surface area (Å²) in [5, 5.41) is 0.181. The van der Waals surface area contributed by atoms with Crippen LogP contribution in [0, 0.1) is 5.41 Å². The zero-order valence-corrected chi connectivity index (χ0v) is 11.0. The maximum atomic E-state index is 6.37. The van der Waals surface area contributed by atoms with Gasteiger partial charge in [0.15, 0.2) is 0 Å². The van der Waals surface area contributed by atoms with Crippen molar-refractivity contribution < 1.29 is 0 Å². The van der Waals surface area contributed by atoms with Crippen LogP contribution >= 0.6 is 22.9 Å². The van der Waals surface area contributed by atoms with Gasteiger partial charge >= 0.3 is 0 Å². The highest BCUT2D eigenvalue weighted by Gasteiger charge is 2.19. The van der Waals surface area contributed by atoms with E-state index in [0.29, 0.717) is 5.41 Å². The minimum atomic E-state index is 0.181. The van der Waals surface area contributed by atoms with Gasteiger partial charge in [0, 0.05) is 9.75 Å². The molecule has 0 spiro atoms. The van der Waals surface area contributed by atoms with Crippen LogP contribution in [0.2, 0.25) is 0 Å². The van der Waals surface area contributed by atoms with Crippen LogP contribution in [0.3, 0.4) is 0 Å². The van der Waals surface area contributed by atoms with Gasteiger partial charge < -0.3 is 0 Å². The summed E-state index contributed by atoms with van der Waals surface area (Å²) in [5.74, 6) is 0. The SMILES string of the molecule is CCc1ccc(C(Cl)CC(C)(C)C)s1. The highest BCUT2D eigenvalue weighted by molar-refractivity contribution is 7.12. The molecule has 1 unspecified atom stereocenters. The molecule has 0 bridgehead atoms. The summed E-state index contributed by atoms with van der Waals surface area (Å²) in [6.45, 7) is 8.88. The lowest BCUT2D eigenvalue weighted by atomic mass is 9.90. The first-order valence-electron chi connectivity index (χ1n) is 5.15. The molecule has 2 heteroatoms. The van der Waals surface area contributed by atoms with E-state index in [0.717, 1.165) is 12.8 Å². The Labute approximate surface area is 96.3 Å². The maximum Gasteiger partial charge on any atom is 0.0683 e. The van der Waals surface area contributed by atoms with Gasteiger partial charge in [0.25, 0.3) is 0 Å². The average molecular weight is 231 g/mol. The second kappa shape index (κ2) is 4.67. The zero-order chi connectivity index (χ0) is 10.8. The number of rotatable bonds is 3. The van der Waals surface area contributed by atoms with Gasteiger partial charge in [0.05, 0.1) is 5.38 Å². The van der Waals surface area contributed by atoms with Gasteiger partial charge in [-0.2, -0.15) is 0 Å². The van der Waals surface area contributed by atoms with Crippen molar-refractivity contribution in [2.75, 3.05) is 0 Å². The Morgan fingerprint density at radius 3 is 2.43 bits per heavy atom. The summed E-state index contributed by atoms with van der Waals surface area (Å²) in [7, 11) is 0. The molecule has 0 saturated carbocycles. The molecule has 1 aromatic heterocycles. The molecule has 0 fully saturated rings. The maximum absolute atomic E-state index is 6.37. The molecule has 0 aromatic carbocycles. The van der Waals surface area contributed by atoms with Crippen molar-refractivity contribution in [3.63, 3.8) is 0 Å². The number of hydrogen-bond donors (Lipinski definition) is 0.